The number of aryl methyl sites for hydroxylation is 1. The first-order valence-electron chi connectivity index (χ1n) is 9.95. The summed E-state index contributed by atoms with van der Waals surface area (Å²) in [6.45, 7) is 5.49. The zero-order valence-corrected chi connectivity index (χ0v) is 15.5. The first-order valence-corrected chi connectivity index (χ1v) is 9.95. The van der Waals surface area contributed by atoms with Crippen LogP contribution in [0.2, 0.25) is 0 Å². The maximum atomic E-state index is 5.87. The van der Waals surface area contributed by atoms with Gasteiger partial charge < -0.3 is 9.47 Å². The van der Waals surface area contributed by atoms with Crippen molar-refractivity contribution in [3.63, 3.8) is 0 Å². The predicted octanol–water partition coefficient (Wildman–Crippen LogP) is 5.35. The Bertz CT molecular complexity index is 596. The summed E-state index contributed by atoms with van der Waals surface area (Å²) in [4.78, 5) is 0. The molecule has 0 amide bonds. The Hall–Kier alpha value is -1.02. The van der Waals surface area contributed by atoms with Crippen molar-refractivity contribution in [1.82, 2.24) is 0 Å². The number of hydrogen-bond donors (Lipinski definition) is 0. The Balaban J connectivity index is 1.58. The topological polar surface area (TPSA) is 18.5 Å². The average molecular weight is 328 g/mol. The Morgan fingerprint density at radius 1 is 1.17 bits per heavy atom. The van der Waals surface area contributed by atoms with Crippen molar-refractivity contribution in [2.75, 3.05) is 13.7 Å². The van der Waals surface area contributed by atoms with Gasteiger partial charge in [0.15, 0.2) is 0 Å². The predicted molar refractivity (Wildman–Crippen MR) is 97.6 cm³/mol. The summed E-state index contributed by atoms with van der Waals surface area (Å²) in [6, 6.07) is 6.90. The Labute approximate surface area is 146 Å². The van der Waals surface area contributed by atoms with Crippen LogP contribution in [-0.4, -0.2) is 19.8 Å². The van der Waals surface area contributed by atoms with E-state index in [0.29, 0.717) is 11.5 Å². The molecule has 3 aliphatic rings. The summed E-state index contributed by atoms with van der Waals surface area (Å²) in [6.07, 6.45) is 9.42. The van der Waals surface area contributed by atoms with Crippen molar-refractivity contribution < 1.29 is 9.47 Å². The van der Waals surface area contributed by atoms with Crippen LogP contribution >= 0.6 is 0 Å². The van der Waals surface area contributed by atoms with Gasteiger partial charge in [0.1, 0.15) is 5.75 Å². The SMILES string of the molecule is CCCOc1ccc2c(c1)CC[C@@H]1[C@@H]2CC[C@]2(C)[C@@H](OC)CC[C@@H]12. The van der Waals surface area contributed by atoms with E-state index in [1.54, 1.807) is 11.1 Å². The summed E-state index contributed by atoms with van der Waals surface area (Å²) in [5.74, 6) is 3.54. The van der Waals surface area contributed by atoms with Crippen molar-refractivity contribution in [2.24, 2.45) is 17.3 Å². The van der Waals surface area contributed by atoms with Gasteiger partial charge in [-0.05, 0) is 91.4 Å². The van der Waals surface area contributed by atoms with Crippen LogP contribution < -0.4 is 4.74 Å². The third-order valence-electron chi connectivity index (χ3n) is 7.37. The van der Waals surface area contributed by atoms with Gasteiger partial charge in [-0.15, -0.1) is 0 Å². The second-order valence-electron chi connectivity index (χ2n) is 8.47. The second-order valence-corrected chi connectivity index (χ2v) is 8.47. The highest BCUT2D eigenvalue weighted by atomic mass is 16.5. The molecule has 0 N–H and O–H groups in total. The van der Waals surface area contributed by atoms with E-state index >= 15 is 0 Å². The van der Waals surface area contributed by atoms with Gasteiger partial charge in [0.2, 0.25) is 0 Å². The van der Waals surface area contributed by atoms with Crippen LogP contribution in [-0.2, 0) is 11.2 Å². The molecule has 0 aliphatic heterocycles. The van der Waals surface area contributed by atoms with E-state index in [2.05, 4.69) is 32.0 Å². The molecule has 0 aromatic heterocycles. The molecule has 0 unspecified atom stereocenters. The minimum absolute atomic E-state index is 0.414. The highest BCUT2D eigenvalue weighted by Gasteiger charge is 2.54. The fourth-order valence-electron chi connectivity index (χ4n) is 6.21. The van der Waals surface area contributed by atoms with Gasteiger partial charge in [-0.2, -0.15) is 0 Å². The third-order valence-corrected chi connectivity index (χ3v) is 7.37. The van der Waals surface area contributed by atoms with Gasteiger partial charge in [-0.1, -0.05) is 19.9 Å². The van der Waals surface area contributed by atoms with Crippen molar-refractivity contribution in [3.05, 3.63) is 29.3 Å². The van der Waals surface area contributed by atoms with E-state index in [9.17, 15) is 0 Å². The molecule has 24 heavy (non-hydrogen) atoms. The van der Waals surface area contributed by atoms with Crippen LogP contribution in [0, 0.1) is 17.3 Å². The fourth-order valence-corrected chi connectivity index (χ4v) is 6.21. The van der Waals surface area contributed by atoms with Crippen molar-refractivity contribution >= 4 is 0 Å². The number of hydrogen-bond acceptors (Lipinski definition) is 2. The van der Waals surface area contributed by atoms with Gasteiger partial charge >= 0.3 is 0 Å². The molecule has 0 radical (unpaired) electrons. The average Bonchev–Trinajstić information content (AvgIpc) is 2.95. The van der Waals surface area contributed by atoms with Crippen LogP contribution in [0.4, 0.5) is 0 Å². The molecule has 0 saturated heterocycles. The molecule has 0 heterocycles. The van der Waals surface area contributed by atoms with Gasteiger partial charge in [-0.25, -0.2) is 0 Å². The summed E-state index contributed by atoms with van der Waals surface area (Å²) in [5.41, 5.74) is 3.59. The lowest BCUT2D eigenvalue weighted by Gasteiger charge is -2.50. The molecule has 2 fully saturated rings. The highest BCUT2D eigenvalue weighted by Crippen LogP contribution is 2.61. The number of ether oxygens (including phenoxy) is 2. The smallest absolute Gasteiger partial charge is 0.119 e. The molecular formula is C22H32O2. The van der Waals surface area contributed by atoms with Crippen molar-refractivity contribution in [3.8, 4) is 5.75 Å². The molecule has 1 aromatic carbocycles. The molecule has 3 aliphatic carbocycles. The van der Waals surface area contributed by atoms with Crippen molar-refractivity contribution in [1.29, 1.82) is 0 Å². The maximum Gasteiger partial charge on any atom is 0.119 e. The standard InChI is InChI=1S/C22H32O2/c1-4-13-24-16-6-8-17-15(14-16)5-7-19-18(17)11-12-22(2)20(19)9-10-21(22)23-3/h6,8,14,18-21H,4-5,7,9-13H2,1-3H3/t18-,19-,20+,21+,22+/m1/s1. The Morgan fingerprint density at radius 3 is 2.83 bits per heavy atom. The Morgan fingerprint density at radius 2 is 2.04 bits per heavy atom. The molecule has 5 atom stereocenters. The van der Waals surface area contributed by atoms with Gasteiger partial charge in [0, 0.05) is 7.11 Å². The number of rotatable bonds is 4. The molecule has 4 rings (SSSR count). The number of methoxy groups -OCH3 is 1. The number of benzene rings is 1. The first-order chi connectivity index (χ1) is 11.7. The molecule has 0 spiro atoms. The van der Waals surface area contributed by atoms with E-state index in [4.69, 9.17) is 9.47 Å². The molecule has 2 nitrogen and oxygen atoms in total. The molecular weight excluding hydrogens is 296 g/mol. The van der Waals surface area contributed by atoms with Crippen LogP contribution in [0.1, 0.15) is 69.4 Å². The quantitative estimate of drug-likeness (QED) is 0.742. The largest absolute Gasteiger partial charge is 0.494 e. The second kappa shape index (κ2) is 6.37. The van der Waals surface area contributed by atoms with Gasteiger partial charge in [0.25, 0.3) is 0 Å². The molecule has 2 heteroatoms. The zero-order chi connectivity index (χ0) is 16.7. The molecule has 2 saturated carbocycles. The lowest BCUT2D eigenvalue weighted by Crippen LogP contribution is -2.44. The van der Waals surface area contributed by atoms with E-state index in [1.165, 1.54) is 38.5 Å². The number of fused-ring (bicyclic) bond motifs is 5. The summed E-state index contributed by atoms with van der Waals surface area (Å²) in [5, 5.41) is 0. The van der Waals surface area contributed by atoms with Crippen molar-refractivity contribution in [2.45, 2.75) is 70.8 Å². The minimum Gasteiger partial charge on any atom is -0.494 e. The highest BCUT2D eigenvalue weighted by molar-refractivity contribution is 5.40. The van der Waals surface area contributed by atoms with Crippen LogP contribution in [0.5, 0.6) is 5.75 Å². The van der Waals surface area contributed by atoms with Crippen LogP contribution in [0.25, 0.3) is 0 Å². The van der Waals surface area contributed by atoms with Crippen LogP contribution in [0.15, 0.2) is 18.2 Å². The lowest BCUT2D eigenvalue weighted by atomic mass is 9.55. The van der Waals surface area contributed by atoms with Gasteiger partial charge in [-0.3, -0.25) is 0 Å². The maximum absolute atomic E-state index is 5.87. The molecule has 1 aromatic rings. The summed E-state index contributed by atoms with van der Waals surface area (Å²) in [7, 11) is 1.92. The van der Waals surface area contributed by atoms with E-state index in [1.807, 2.05) is 7.11 Å². The van der Waals surface area contributed by atoms with E-state index < -0.39 is 0 Å². The molecule has 0 bridgehead atoms. The summed E-state index contributed by atoms with van der Waals surface area (Å²) < 4.78 is 11.7. The molecule has 132 valence electrons. The third kappa shape index (κ3) is 2.49. The van der Waals surface area contributed by atoms with E-state index in [0.717, 1.165) is 36.5 Å². The fraction of sp³-hybridized carbons (Fsp3) is 0.727. The minimum atomic E-state index is 0.414. The first kappa shape index (κ1) is 16.4. The van der Waals surface area contributed by atoms with Crippen LogP contribution in [0.3, 0.4) is 0 Å². The van der Waals surface area contributed by atoms with Gasteiger partial charge in [0.05, 0.1) is 12.7 Å². The monoisotopic (exact) mass is 328 g/mol. The lowest BCUT2D eigenvalue weighted by molar-refractivity contribution is -0.0444. The zero-order valence-electron chi connectivity index (χ0n) is 15.5. The van der Waals surface area contributed by atoms with E-state index in [-0.39, 0.29) is 0 Å². The Kier molecular flexibility index (Phi) is 4.36. The normalized spacial score (nSPS) is 37.5. The summed E-state index contributed by atoms with van der Waals surface area (Å²) >= 11 is 0.